The third-order valence-electron chi connectivity index (χ3n) is 2.87. The summed E-state index contributed by atoms with van der Waals surface area (Å²) in [5, 5.41) is 8.93. The van der Waals surface area contributed by atoms with E-state index in [1.165, 1.54) is 24.3 Å². The number of nitrogens with one attached hydrogen (secondary N) is 1. The second kappa shape index (κ2) is 8.51. The van der Waals surface area contributed by atoms with Gasteiger partial charge < -0.3 is 4.74 Å². The van der Waals surface area contributed by atoms with Crippen molar-refractivity contribution in [2.45, 2.75) is 44.0 Å². The minimum absolute atomic E-state index is 0.0101. The summed E-state index contributed by atoms with van der Waals surface area (Å²) in [4.78, 5) is 11.7. The summed E-state index contributed by atoms with van der Waals surface area (Å²) in [6.07, 6.45) is 1.86. The predicted molar refractivity (Wildman–Crippen MR) is 81.6 cm³/mol. The molecular weight excluding hydrogens is 304 g/mol. The standard InChI is InChI=1S/C15H20N2O4S/c1-3-5-13(11-16)17-22(19,20)14-8-6-12(7-9-14)15(18)21-10-4-2/h6-9,13,17H,3-5,10H2,1-2H3/t13-/m1/s1. The second-order valence-electron chi connectivity index (χ2n) is 4.75. The largest absolute Gasteiger partial charge is 0.462 e. The van der Waals surface area contributed by atoms with Gasteiger partial charge in [-0.1, -0.05) is 20.3 Å². The maximum Gasteiger partial charge on any atom is 0.338 e. The smallest absolute Gasteiger partial charge is 0.338 e. The van der Waals surface area contributed by atoms with Gasteiger partial charge in [-0.25, -0.2) is 13.2 Å². The quantitative estimate of drug-likeness (QED) is 0.740. The van der Waals surface area contributed by atoms with E-state index in [4.69, 9.17) is 10.00 Å². The van der Waals surface area contributed by atoms with Gasteiger partial charge in [0.25, 0.3) is 0 Å². The third-order valence-corrected chi connectivity index (χ3v) is 4.36. The maximum absolute atomic E-state index is 12.2. The van der Waals surface area contributed by atoms with Crippen molar-refractivity contribution in [1.82, 2.24) is 4.72 Å². The molecule has 120 valence electrons. The first-order chi connectivity index (χ1) is 10.4. The number of hydrogen-bond acceptors (Lipinski definition) is 5. The van der Waals surface area contributed by atoms with E-state index in [1.54, 1.807) is 0 Å². The van der Waals surface area contributed by atoms with Crippen LogP contribution < -0.4 is 4.72 Å². The molecule has 0 heterocycles. The fourth-order valence-corrected chi connectivity index (χ4v) is 2.92. The summed E-state index contributed by atoms with van der Waals surface area (Å²) in [5.41, 5.74) is 0.290. The van der Waals surface area contributed by atoms with Crippen molar-refractivity contribution in [3.63, 3.8) is 0 Å². The number of carbonyl (C=O) groups is 1. The highest BCUT2D eigenvalue weighted by Crippen LogP contribution is 2.13. The van der Waals surface area contributed by atoms with Gasteiger partial charge >= 0.3 is 5.97 Å². The predicted octanol–water partition coefficient (Wildman–Crippen LogP) is 2.22. The van der Waals surface area contributed by atoms with Crippen LogP contribution in [0.25, 0.3) is 0 Å². The minimum Gasteiger partial charge on any atom is -0.462 e. The van der Waals surface area contributed by atoms with Crippen molar-refractivity contribution in [2.24, 2.45) is 0 Å². The lowest BCUT2D eigenvalue weighted by molar-refractivity contribution is 0.0505. The molecule has 0 spiro atoms. The molecule has 22 heavy (non-hydrogen) atoms. The number of nitriles is 1. The third kappa shape index (κ3) is 5.13. The molecule has 1 rings (SSSR count). The van der Waals surface area contributed by atoms with Crippen LogP contribution in [0.2, 0.25) is 0 Å². The maximum atomic E-state index is 12.2. The Morgan fingerprint density at radius 1 is 1.27 bits per heavy atom. The average Bonchev–Trinajstić information content (AvgIpc) is 2.52. The molecule has 1 aromatic rings. The van der Waals surface area contributed by atoms with Crippen molar-refractivity contribution < 1.29 is 17.9 Å². The molecule has 0 aliphatic carbocycles. The van der Waals surface area contributed by atoms with Crippen LogP contribution in [0.3, 0.4) is 0 Å². The highest BCUT2D eigenvalue weighted by Gasteiger charge is 2.19. The Morgan fingerprint density at radius 3 is 2.41 bits per heavy atom. The van der Waals surface area contributed by atoms with E-state index < -0.39 is 22.0 Å². The molecule has 1 N–H and O–H groups in total. The van der Waals surface area contributed by atoms with Gasteiger partial charge in [0.15, 0.2) is 0 Å². The van der Waals surface area contributed by atoms with E-state index in [2.05, 4.69) is 4.72 Å². The van der Waals surface area contributed by atoms with E-state index in [0.29, 0.717) is 19.4 Å². The first kappa shape index (κ1) is 18.1. The van der Waals surface area contributed by atoms with Crippen LogP contribution in [0.5, 0.6) is 0 Å². The monoisotopic (exact) mass is 324 g/mol. The summed E-state index contributed by atoms with van der Waals surface area (Å²) in [6.45, 7) is 4.08. The molecule has 0 amide bonds. The number of hydrogen-bond donors (Lipinski definition) is 1. The zero-order valence-corrected chi connectivity index (χ0v) is 13.5. The van der Waals surface area contributed by atoms with Crippen LogP contribution in [0, 0.1) is 11.3 Å². The van der Waals surface area contributed by atoms with Crippen LogP contribution in [0.4, 0.5) is 0 Å². The molecule has 0 unspecified atom stereocenters. The van der Waals surface area contributed by atoms with Gasteiger partial charge in [-0.05, 0) is 37.1 Å². The fraction of sp³-hybridized carbons (Fsp3) is 0.467. The van der Waals surface area contributed by atoms with Gasteiger partial charge in [0, 0.05) is 0 Å². The minimum atomic E-state index is -3.78. The first-order valence-corrected chi connectivity index (χ1v) is 8.62. The van der Waals surface area contributed by atoms with Gasteiger partial charge in [0.1, 0.15) is 6.04 Å². The van der Waals surface area contributed by atoms with Crippen LogP contribution in [0.1, 0.15) is 43.5 Å². The molecule has 0 bridgehead atoms. The Hall–Kier alpha value is -1.91. The number of benzene rings is 1. The highest BCUT2D eigenvalue weighted by atomic mass is 32.2. The lowest BCUT2D eigenvalue weighted by atomic mass is 10.2. The number of sulfonamides is 1. The topological polar surface area (TPSA) is 96.3 Å². The molecular formula is C15H20N2O4S. The van der Waals surface area contributed by atoms with Crippen molar-refractivity contribution in [3.8, 4) is 6.07 Å². The Morgan fingerprint density at radius 2 is 1.91 bits per heavy atom. The summed E-state index contributed by atoms with van der Waals surface area (Å²) < 4.78 is 31.6. The Labute approximate surface area is 131 Å². The van der Waals surface area contributed by atoms with E-state index >= 15 is 0 Å². The molecule has 1 aromatic carbocycles. The first-order valence-electron chi connectivity index (χ1n) is 7.13. The van der Waals surface area contributed by atoms with Gasteiger partial charge in [-0.3, -0.25) is 0 Å². The van der Waals surface area contributed by atoms with Crippen LogP contribution in [-0.4, -0.2) is 27.0 Å². The Kier molecular flexibility index (Phi) is 7.02. The highest BCUT2D eigenvalue weighted by molar-refractivity contribution is 7.89. The van der Waals surface area contributed by atoms with Crippen molar-refractivity contribution in [1.29, 1.82) is 5.26 Å². The van der Waals surface area contributed by atoms with E-state index in [9.17, 15) is 13.2 Å². The summed E-state index contributed by atoms with van der Waals surface area (Å²) >= 11 is 0. The number of nitrogens with zero attached hydrogens (tertiary/aromatic N) is 1. The lowest BCUT2D eigenvalue weighted by Gasteiger charge is -2.11. The summed E-state index contributed by atoms with van der Waals surface area (Å²) in [5.74, 6) is -0.486. The lowest BCUT2D eigenvalue weighted by Crippen LogP contribution is -2.33. The van der Waals surface area contributed by atoms with Gasteiger partial charge in [0.2, 0.25) is 10.0 Å². The summed E-state index contributed by atoms with van der Waals surface area (Å²) in [7, 11) is -3.78. The van der Waals surface area contributed by atoms with E-state index in [-0.39, 0.29) is 10.5 Å². The van der Waals surface area contributed by atoms with E-state index in [0.717, 1.165) is 6.42 Å². The van der Waals surface area contributed by atoms with Crippen molar-refractivity contribution in [3.05, 3.63) is 29.8 Å². The zero-order chi connectivity index (χ0) is 16.6. The zero-order valence-electron chi connectivity index (χ0n) is 12.7. The molecule has 0 radical (unpaired) electrons. The SMILES string of the molecule is CCCOC(=O)c1ccc(S(=O)(=O)N[C@@H](C#N)CCC)cc1. The normalized spacial score (nSPS) is 12.4. The molecule has 6 nitrogen and oxygen atoms in total. The van der Waals surface area contributed by atoms with Crippen molar-refractivity contribution >= 4 is 16.0 Å². The van der Waals surface area contributed by atoms with E-state index in [1.807, 2.05) is 19.9 Å². The molecule has 0 aromatic heterocycles. The number of esters is 1. The van der Waals surface area contributed by atoms with Crippen LogP contribution >= 0.6 is 0 Å². The second-order valence-corrected chi connectivity index (χ2v) is 6.47. The number of ether oxygens (including phenoxy) is 1. The van der Waals surface area contributed by atoms with Gasteiger partial charge in [0.05, 0.1) is 23.1 Å². The van der Waals surface area contributed by atoms with Crippen LogP contribution in [0.15, 0.2) is 29.2 Å². The molecule has 0 fully saturated rings. The van der Waals surface area contributed by atoms with Crippen molar-refractivity contribution in [2.75, 3.05) is 6.61 Å². The molecule has 0 aliphatic heterocycles. The Bertz CT molecular complexity index is 633. The molecule has 1 atom stereocenters. The van der Waals surface area contributed by atoms with Gasteiger partial charge in [-0.2, -0.15) is 9.98 Å². The molecule has 0 aliphatic rings. The molecule has 0 saturated carbocycles. The Balaban J connectivity index is 2.85. The fourth-order valence-electron chi connectivity index (χ4n) is 1.74. The molecule has 7 heteroatoms. The van der Waals surface area contributed by atoms with Gasteiger partial charge in [-0.15, -0.1) is 0 Å². The average molecular weight is 324 g/mol. The number of carbonyl (C=O) groups excluding carboxylic acids is 1. The number of rotatable bonds is 8. The molecule has 0 saturated heterocycles. The summed E-state index contributed by atoms with van der Waals surface area (Å²) in [6, 6.07) is 6.60. The van der Waals surface area contributed by atoms with Crippen LogP contribution in [-0.2, 0) is 14.8 Å².